The van der Waals surface area contributed by atoms with Gasteiger partial charge in [0.05, 0.1) is 12.7 Å². The fraction of sp³-hybridized carbons (Fsp3) is 0.286. The average molecular weight is 384 g/mol. The molecule has 148 valence electrons. The van der Waals surface area contributed by atoms with Crippen LogP contribution in [0.25, 0.3) is 0 Å². The number of carbonyl (C=O) groups is 3. The van der Waals surface area contributed by atoms with Crippen molar-refractivity contribution in [2.24, 2.45) is 5.92 Å². The topological polar surface area (TPSA) is 93.7 Å². The number of para-hydroxylation sites is 1. The summed E-state index contributed by atoms with van der Waals surface area (Å²) in [6.45, 7) is 3.61. The Labute approximate surface area is 164 Å². The van der Waals surface area contributed by atoms with Gasteiger partial charge >= 0.3 is 18.0 Å². The summed E-state index contributed by atoms with van der Waals surface area (Å²) in [5, 5.41) is 5.31. The van der Waals surface area contributed by atoms with E-state index in [4.69, 9.17) is 4.74 Å². The van der Waals surface area contributed by atoms with Crippen molar-refractivity contribution in [2.75, 3.05) is 12.4 Å². The SMILES string of the molecule is COC(=O)c1cccc(COC(=O)[C@H](NC(=O)Nc2ccccc2)C(C)C)c1. The molecule has 7 nitrogen and oxygen atoms in total. The van der Waals surface area contributed by atoms with Gasteiger partial charge in [0, 0.05) is 5.69 Å². The first kappa shape index (κ1) is 21.0. The number of anilines is 1. The molecule has 0 radical (unpaired) electrons. The quantitative estimate of drug-likeness (QED) is 0.714. The molecular formula is C21H24N2O5. The van der Waals surface area contributed by atoms with Crippen LogP contribution in [-0.4, -0.2) is 31.1 Å². The Balaban J connectivity index is 1.95. The highest BCUT2D eigenvalue weighted by molar-refractivity contribution is 5.92. The molecular weight excluding hydrogens is 360 g/mol. The minimum Gasteiger partial charge on any atom is -0.465 e. The third kappa shape index (κ3) is 6.12. The molecule has 0 unspecified atom stereocenters. The fourth-order valence-corrected chi connectivity index (χ4v) is 2.48. The second kappa shape index (κ2) is 10.1. The highest BCUT2D eigenvalue weighted by Gasteiger charge is 2.26. The van der Waals surface area contributed by atoms with Crippen LogP contribution >= 0.6 is 0 Å². The molecule has 0 bridgehead atoms. The summed E-state index contributed by atoms with van der Waals surface area (Å²) < 4.78 is 10.0. The molecule has 0 aliphatic carbocycles. The second-order valence-corrected chi connectivity index (χ2v) is 6.49. The standard InChI is InChI=1S/C21H24N2O5/c1-14(2)18(23-21(26)22-17-10-5-4-6-11-17)20(25)28-13-15-8-7-9-16(12-15)19(24)27-3/h4-12,14,18H,13H2,1-3H3,(H2,22,23,26)/t18-/m1/s1. The minimum absolute atomic E-state index is 0.0190. The zero-order valence-electron chi connectivity index (χ0n) is 16.1. The van der Waals surface area contributed by atoms with Crippen molar-refractivity contribution < 1.29 is 23.9 Å². The lowest BCUT2D eigenvalue weighted by atomic mass is 10.0. The van der Waals surface area contributed by atoms with Crippen LogP contribution < -0.4 is 10.6 Å². The van der Waals surface area contributed by atoms with E-state index < -0.39 is 24.0 Å². The molecule has 0 aliphatic heterocycles. The molecule has 0 saturated heterocycles. The van der Waals surface area contributed by atoms with Crippen molar-refractivity contribution in [3.63, 3.8) is 0 Å². The number of benzene rings is 2. The molecule has 0 aliphatic rings. The van der Waals surface area contributed by atoms with E-state index in [9.17, 15) is 14.4 Å². The number of urea groups is 1. The number of ether oxygens (including phenoxy) is 2. The van der Waals surface area contributed by atoms with Gasteiger partial charge in [-0.05, 0) is 35.7 Å². The highest BCUT2D eigenvalue weighted by Crippen LogP contribution is 2.11. The Bertz CT molecular complexity index is 821. The number of methoxy groups -OCH3 is 1. The molecule has 28 heavy (non-hydrogen) atoms. The van der Waals surface area contributed by atoms with Crippen molar-refractivity contribution >= 4 is 23.7 Å². The van der Waals surface area contributed by atoms with E-state index in [1.807, 2.05) is 19.9 Å². The summed E-state index contributed by atoms with van der Waals surface area (Å²) in [6, 6.07) is 14.3. The van der Waals surface area contributed by atoms with Crippen molar-refractivity contribution in [1.29, 1.82) is 0 Å². The third-order valence-electron chi connectivity index (χ3n) is 3.97. The molecule has 2 aromatic carbocycles. The third-order valence-corrected chi connectivity index (χ3v) is 3.97. The Morgan fingerprint density at radius 3 is 2.36 bits per heavy atom. The molecule has 0 spiro atoms. The van der Waals surface area contributed by atoms with Crippen LogP contribution in [0.3, 0.4) is 0 Å². The zero-order valence-corrected chi connectivity index (χ0v) is 16.1. The predicted molar refractivity (Wildman–Crippen MR) is 105 cm³/mol. The molecule has 2 N–H and O–H groups in total. The van der Waals surface area contributed by atoms with E-state index in [0.717, 1.165) is 0 Å². The first-order valence-corrected chi connectivity index (χ1v) is 8.87. The zero-order chi connectivity index (χ0) is 20.5. The lowest BCUT2D eigenvalue weighted by Crippen LogP contribution is -2.47. The van der Waals surface area contributed by atoms with Crippen LogP contribution in [0, 0.1) is 5.92 Å². The van der Waals surface area contributed by atoms with E-state index >= 15 is 0 Å². The van der Waals surface area contributed by atoms with Crippen molar-refractivity contribution in [3.05, 3.63) is 65.7 Å². The molecule has 0 saturated carbocycles. The van der Waals surface area contributed by atoms with Crippen LogP contribution in [-0.2, 0) is 20.9 Å². The molecule has 2 rings (SSSR count). The Hall–Kier alpha value is -3.35. The van der Waals surface area contributed by atoms with Gasteiger partial charge in [0.25, 0.3) is 0 Å². The molecule has 0 fully saturated rings. The number of esters is 2. The lowest BCUT2D eigenvalue weighted by molar-refractivity contribution is -0.148. The highest BCUT2D eigenvalue weighted by atomic mass is 16.5. The van der Waals surface area contributed by atoms with Gasteiger partial charge in [-0.1, -0.05) is 44.2 Å². The molecule has 2 aromatic rings. The number of hydrogen-bond donors (Lipinski definition) is 2. The summed E-state index contributed by atoms with van der Waals surface area (Å²) >= 11 is 0. The van der Waals surface area contributed by atoms with E-state index in [-0.39, 0.29) is 12.5 Å². The van der Waals surface area contributed by atoms with Crippen LogP contribution in [0.15, 0.2) is 54.6 Å². The van der Waals surface area contributed by atoms with Gasteiger partial charge in [0.2, 0.25) is 0 Å². The van der Waals surface area contributed by atoms with Gasteiger partial charge < -0.3 is 20.1 Å². The summed E-state index contributed by atoms with van der Waals surface area (Å²) in [7, 11) is 1.30. The van der Waals surface area contributed by atoms with Crippen molar-refractivity contribution in [3.8, 4) is 0 Å². The summed E-state index contributed by atoms with van der Waals surface area (Å²) in [5.74, 6) is -1.19. The predicted octanol–water partition coefficient (Wildman–Crippen LogP) is 3.36. The second-order valence-electron chi connectivity index (χ2n) is 6.49. The summed E-state index contributed by atoms with van der Waals surface area (Å²) in [4.78, 5) is 36.2. The first-order chi connectivity index (χ1) is 13.4. The number of rotatable bonds is 7. The maximum Gasteiger partial charge on any atom is 0.337 e. The van der Waals surface area contributed by atoms with Gasteiger partial charge in [-0.15, -0.1) is 0 Å². The first-order valence-electron chi connectivity index (χ1n) is 8.87. The van der Waals surface area contributed by atoms with Gasteiger partial charge in [0.15, 0.2) is 0 Å². The number of amides is 2. The smallest absolute Gasteiger partial charge is 0.337 e. The van der Waals surface area contributed by atoms with E-state index in [2.05, 4.69) is 15.4 Å². The number of hydrogen-bond acceptors (Lipinski definition) is 5. The van der Waals surface area contributed by atoms with E-state index in [1.54, 1.807) is 48.5 Å². The maximum absolute atomic E-state index is 12.5. The monoisotopic (exact) mass is 384 g/mol. The van der Waals surface area contributed by atoms with Crippen molar-refractivity contribution in [2.45, 2.75) is 26.5 Å². The Kier molecular flexibility index (Phi) is 7.56. The number of nitrogens with one attached hydrogen (secondary N) is 2. The lowest BCUT2D eigenvalue weighted by Gasteiger charge is -2.21. The molecule has 7 heteroatoms. The normalized spacial score (nSPS) is 11.4. The molecule has 2 amide bonds. The molecule has 1 atom stereocenters. The van der Waals surface area contributed by atoms with Gasteiger partial charge in [0.1, 0.15) is 12.6 Å². The van der Waals surface area contributed by atoms with Crippen LogP contribution in [0.4, 0.5) is 10.5 Å². The largest absolute Gasteiger partial charge is 0.465 e. The van der Waals surface area contributed by atoms with Crippen molar-refractivity contribution in [1.82, 2.24) is 5.32 Å². The summed E-state index contributed by atoms with van der Waals surface area (Å²) in [6.07, 6.45) is 0. The summed E-state index contributed by atoms with van der Waals surface area (Å²) in [5.41, 5.74) is 1.64. The minimum atomic E-state index is -0.812. The Morgan fingerprint density at radius 2 is 1.71 bits per heavy atom. The maximum atomic E-state index is 12.5. The van der Waals surface area contributed by atoms with Crippen LogP contribution in [0.5, 0.6) is 0 Å². The van der Waals surface area contributed by atoms with E-state index in [1.165, 1.54) is 7.11 Å². The molecule has 0 heterocycles. The fourth-order valence-electron chi connectivity index (χ4n) is 2.48. The van der Waals surface area contributed by atoms with Crippen LogP contribution in [0.2, 0.25) is 0 Å². The number of carbonyl (C=O) groups excluding carboxylic acids is 3. The van der Waals surface area contributed by atoms with Gasteiger partial charge in [-0.2, -0.15) is 0 Å². The molecule has 0 aromatic heterocycles. The van der Waals surface area contributed by atoms with Gasteiger partial charge in [-0.25, -0.2) is 14.4 Å². The van der Waals surface area contributed by atoms with E-state index in [0.29, 0.717) is 16.8 Å². The average Bonchev–Trinajstić information content (AvgIpc) is 2.70. The Morgan fingerprint density at radius 1 is 1.00 bits per heavy atom. The van der Waals surface area contributed by atoms with Gasteiger partial charge in [-0.3, -0.25) is 0 Å². The van der Waals surface area contributed by atoms with Crippen LogP contribution in [0.1, 0.15) is 29.8 Å².